The Kier molecular flexibility index (Phi) is 7.25. The Balaban J connectivity index is 0.000000431. The number of hydrogen-bond acceptors (Lipinski definition) is 4. The molecule has 1 aliphatic rings. The van der Waals surface area contributed by atoms with Crippen molar-refractivity contribution in [1.29, 1.82) is 0 Å². The molecule has 0 fully saturated rings. The Bertz CT molecular complexity index is 961. The number of benzene rings is 3. The molecule has 0 unspecified atom stereocenters. The molecule has 0 radical (unpaired) electrons. The zero-order chi connectivity index (χ0) is 20.9. The van der Waals surface area contributed by atoms with Crippen molar-refractivity contribution in [3.8, 4) is 0 Å². The summed E-state index contributed by atoms with van der Waals surface area (Å²) >= 11 is 0. The van der Waals surface area contributed by atoms with Crippen LogP contribution in [0.4, 0.5) is 0 Å². The van der Waals surface area contributed by atoms with Gasteiger partial charge in [0.25, 0.3) is 0 Å². The van der Waals surface area contributed by atoms with Gasteiger partial charge in [-0.25, -0.2) is 0 Å². The summed E-state index contributed by atoms with van der Waals surface area (Å²) in [6.45, 7) is 7.99. The van der Waals surface area contributed by atoms with E-state index in [-0.39, 0.29) is 13.2 Å². The molecular formula is C25H33NO3. The molecule has 0 aliphatic heterocycles. The molecule has 0 aromatic heterocycles. The SMILES string of the molecule is CC(CO)(CO)NCc1c2c3c(cccc3c3ccccc13)CC2.CCOCC. The Morgan fingerprint density at radius 2 is 1.55 bits per heavy atom. The molecular weight excluding hydrogens is 362 g/mol. The molecule has 3 aromatic rings. The molecule has 1 aliphatic carbocycles. The van der Waals surface area contributed by atoms with E-state index in [4.69, 9.17) is 4.74 Å². The molecule has 0 saturated heterocycles. The maximum Gasteiger partial charge on any atom is 0.0633 e. The first kappa shape index (κ1) is 21.7. The van der Waals surface area contributed by atoms with Crippen molar-refractivity contribution in [2.75, 3.05) is 26.4 Å². The molecule has 29 heavy (non-hydrogen) atoms. The maximum absolute atomic E-state index is 9.56. The van der Waals surface area contributed by atoms with Gasteiger partial charge in [-0.2, -0.15) is 0 Å². The van der Waals surface area contributed by atoms with Crippen LogP contribution in [0.3, 0.4) is 0 Å². The van der Waals surface area contributed by atoms with E-state index >= 15 is 0 Å². The van der Waals surface area contributed by atoms with E-state index in [1.165, 1.54) is 38.2 Å². The van der Waals surface area contributed by atoms with Gasteiger partial charge in [0.1, 0.15) is 0 Å². The zero-order valence-corrected chi connectivity index (χ0v) is 17.8. The van der Waals surface area contributed by atoms with Gasteiger partial charge in [0.15, 0.2) is 0 Å². The Hall–Kier alpha value is -1.98. The molecule has 4 nitrogen and oxygen atoms in total. The highest BCUT2D eigenvalue weighted by Gasteiger charge is 2.25. The van der Waals surface area contributed by atoms with E-state index in [1.807, 2.05) is 20.8 Å². The molecule has 0 spiro atoms. The van der Waals surface area contributed by atoms with E-state index in [2.05, 4.69) is 47.8 Å². The van der Waals surface area contributed by atoms with Crippen LogP contribution in [0.2, 0.25) is 0 Å². The smallest absolute Gasteiger partial charge is 0.0633 e. The minimum Gasteiger partial charge on any atom is -0.394 e. The lowest BCUT2D eigenvalue weighted by Crippen LogP contribution is -2.48. The number of aryl methyl sites for hydroxylation is 2. The fourth-order valence-corrected chi connectivity index (χ4v) is 4.09. The average molecular weight is 396 g/mol. The van der Waals surface area contributed by atoms with Gasteiger partial charge >= 0.3 is 0 Å². The third kappa shape index (κ3) is 4.46. The summed E-state index contributed by atoms with van der Waals surface area (Å²) in [6, 6.07) is 15.2. The van der Waals surface area contributed by atoms with Crippen LogP contribution in [0, 0.1) is 0 Å². The molecule has 4 rings (SSSR count). The molecule has 156 valence electrons. The third-order valence-corrected chi connectivity index (χ3v) is 5.80. The van der Waals surface area contributed by atoms with Crippen LogP contribution in [0.1, 0.15) is 37.5 Å². The van der Waals surface area contributed by atoms with Crippen LogP contribution in [0.25, 0.3) is 21.5 Å². The van der Waals surface area contributed by atoms with Crippen LogP contribution in [0.5, 0.6) is 0 Å². The van der Waals surface area contributed by atoms with Gasteiger partial charge in [-0.1, -0.05) is 42.5 Å². The number of rotatable bonds is 7. The first-order chi connectivity index (χ1) is 14.1. The monoisotopic (exact) mass is 395 g/mol. The number of hydrogen-bond donors (Lipinski definition) is 3. The molecule has 4 heteroatoms. The molecule has 0 amide bonds. The van der Waals surface area contributed by atoms with E-state index in [1.54, 1.807) is 0 Å². The van der Waals surface area contributed by atoms with Gasteiger partial charge < -0.3 is 20.3 Å². The molecule has 3 N–H and O–H groups in total. The fourth-order valence-electron chi connectivity index (χ4n) is 4.09. The highest BCUT2D eigenvalue weighted by atomic mass is 16.5. The normalized spacial score (nSPS) is 13.0. The summed E-state index contributed by atoms with van der Waals surface area (Å²) in [4.78, 5) is 0. The van der Waals surface area contributed by atoms with Gasteiger partial charge in [-0.15, -0.1) is 0 Å². The zero-order valence-electron chi connectivity index (χ0n) is 17.8. The summed E-state index contributed by atoms with van der Waals surface area (Å²) in [7, 11) is 0. The van der Waals surface area contributed by atoms with Crippen LogP contribution >= 0.6 is 0 Å². The molecule has 0 saturated carbocycles. The van der Waals surface area contributed by atoms with Crippen LogP contribution in [-0.2, 0) is 24.1 Å². The lowest BCUT2D eigenvalue weighted by molar-refractivity contribution is 0.103. The average Bonchev–Trinajstić information content (AvgIpc) is 3.20. The quantitative estimate of drug-likeness (QED) is 0.530. The largest absolute Gasteiger partial charge is 0.394 e. The van der Waals surface area contributed by atoms with Gasteiger partial charge in [0.05, 0.1) is 18.8 Å². The summed E-state index contributed by atoms with van der Waals surface area (Å²) < 4.78 is 4.83. The highest BCUT2D eigenvalue weighted by molar-refractivity contribution is 6.12. The van der Waals surface area contributed by atoms with Crippen molar-refractivity contribution in [3.63, 3.8) is 0 Å². The number of nitrogens with one attached hydrogen (secondary N) is 1. The van der Waals surface area contributed by atoms with Crippen molar-refractivity contribution >= 4 is 21.5 Å². The second-order valence-electron chi connectivity index (χ2n) is 7.85. The predicted octanol–water partition coefficient (Wildman–Crippen LogP) is 3.97. The minimum atomic E-state index is -0.666. The Morgan fingerprint density at radius 3 is 2.17 bits per heavy atom. The first-order valence-corrected chi connectivity index (χ1v) is 10.6. The van der Waals surface area contributed by atoms with Gasteiger partial charge in [0.2, 0.25) is 0 Å². The fraction of sp³-hybridized carbons (Fsp3) is 0.440. The molecule has 0 atom stereocenters. The predicted molar refractivity (Wildman–Crippen MR) is 120 cm³/mol. The minimum absolute atomic E-state index is 0.0877. The van der Waals surface area contributed by atoms with E-state index in [0.29, 0.717) is 6.54 Å². The number of fused-ring (bicyclic) bond motifs is 2. The summed E-state index contributed by atoms with van der Waals surface area (Å²) in [5.41, 5.74) is 3.49. The highest BCUT2D eigenvalue weighted by Crippen LogP contribution is 2.39. The van der Waals surface area contributed by atoms with E-state index in [9.17, 15) is 10.2 Å². The standard InChI is InChI=1S/C21H23NO2.C4H10O/c1-21(12-23,13-24)22-11-19-16-7-3-2-6-15(16)17-8-4-5-14-9-10-18(19)20(14)17;1-3-5-4-2/h2-8,22-24H,9-13H2,1H3;3-4H2,1-2H3. The van der Waals surface area contributed by atoms with E-state index < -0.39 is 5.54 Å². The maximum atomic E-state index is 9.56. The first-order valence-electron chi connectivity index (χ1n) is 10.6. The van der Waals surface area contributed by atoms with Crippen molar-refractivity contribution in [2.24, 2.45) is 0 Å². The summed E-state index contributed by atoms with van der Waals surface area (Å²) in [5, 5.41) is 27.8. The number of ether oxygens (including phenoxy) is 1. The lowest BCUT2D eigenvalue weighted by Gasteiger charge is -2.27. The third-order valence-electron chi connectivity index (χ3n) is 5.80. The van der Waals surface area contributed by atoms with Gasteiger partial charge in [-0.3, -0.25) is 0 Å². The second kappa shape index (κ2) is 9.68. The molecule has 3 aromatic carbocycles. The van der Waals surface area contributed by atoms with Crippen molar-refractivity contribution in [1.82, 2.24) is 5.32 Å². The van der Waals surface area contributed by atoms with Crippen LogP contribution in [0.15, 0.2) is 42.5 Å². The van der Waals surface area contributed by atoms with Crippen LogP contribution < -0.4 is 5.32 Å². The summed E-state index contributed by atoms with van der Waals surface area (Å²) in [5.74, 6) is 0. The lowest BCUT2D eigenvalue weighted by atomic mass is 9.92. The number of aliphatic hydroxyl groups excluding tert-OH is 2. The second-order valence-corrected chi connectivity index (χ2v) is 7.85. The van der Waals surface area contributed by atoms with Crippen LogP contribution in [-0.4, -0.2) is 42.2 Å². The molecule has 0 heterocycles. The number of aliphatic hydroxyl groups is 2. The van der Waals surface area contributed by atoms with Gasteiger partial charge in [0, 0.05) is 19.8 Å². The van der Waals surface area contributed by atoms with E-state index in [0.717, 1.165) is 26.1 Å². The Morgan fingerprint density at radius 1 is 0.897 bits per heavy atom. The van der Waals surface area contributed by atoms with Gasteiger partial charge in [-0.05, 0) is 71.8 Å². The summed E-state index contributed by atoms with van der Waals surface area (Å²) in [6.07, 6.45) is 2.15. The Labute approximate surface area is 173 Å². The van der Waals surface area contributed by atoms with Crippen molar-refractivity contribution in [3.05, 3.63) is 59.2 Å². The molecule has 0 bridgehead atoms. The van der Waals surface area contributed by atoms with Crippen molar-refractivity contribution in [2.45, 2.75) is 45.7 Å². The van der Waals surface area contributed by atoms with Crippen molar-refractivity contribution < 1.29 is 14.9 Å². The topological polar surface area (TPSA) is 61.7 Å².